The number of halogens is 3. The zero-order valence-electron chi connectivity index (χ0n) is 22.7. The van der Waals surface area contributed by atoms with Gasteiger partial charge < -0.3 is 10.2 Å². The molecule has 3 aromatic rings. The standard InChI is InChI=1S/C29H32Cl2FN3O4S/c1-5-26(28(37)33-29(2,3)4)34(18-20-11-16-24(30)25(31)17-20)27(36)19-35(22-14-12-21(32)13-15-22)40(38,39)23-9-7-6-8-10-23/h6-17,26H,5,18-19H2,1-4H3,(H,33,37)/t26-/m0/s1. The van der Waals surface area contributed by atoms with Crippen LogP contribution in [0.3, 0.4) is 0 Å². The van der Waals surface area contributed by atoms with E-state index in [9.17, 15) is 22.4 Å². The minimum absolute atomic E-state index is 0.0333. The molecule has 0 radical (unpaired) electrons. The maximum absolute atomic E-state index is 14.0. The van der Waals surface area contributed by atoms with E-state index < -0.39 is 39.9 Å². The molecule has 3 aromatic carbocycles. The molecule has 0 bridgehead atoms. The molecule has 0 aliphatic heterocycles. The summed E-state index contributed by atoms with van der Waals surface area (Å²) in [7, 11) is -4.24. The van der Waals surface area contributed by atoms with Crippen LogP contribution in [0.5, 0.6) is 0 Å². The maximum atomic E-state index is 14.0. The number of hydrogen-bond acceptors (Lipinski definition) is 4. The van der Waals surface area contributed by atoms with Crippen molar-refractivity contribution in [2.45, 2.75) is 57.1 Å². The molecule has 0 heterocycles. The summed E-state index contributed by atoms with van der Waals surface area (Å²) in [6.45, 7) is 6.57. The third kappa shape index (κ3) is 7.96. The highest BCUT2D eigenvalue weighted by atomic mass is 35.5. The van der Waals surface area contributed by atoms with Crippen molar-refractivity contribution < 1.29 is 22.4 Å². The quantitative estimate of drug-likeness (QED) is 0.304. The van der Waals surface area contributed by atoms with Crippen molar-refractivity contribution in [3.63, 3.8) is 0 Å². The number of anilines is 1. The lowest BCUT2D eigenvalue weighted by Gasteiger charge is -2.34. The average Bonchev–Trinajstić information content (AvgIpc) is 2.89. The Kier molecular flexibility index (Phi) is 10.2. The molecule has 0 fully saturated rings. The molecule has 1 N–H and O–H groups in total. The van der Waals surface area contributed by atoms with E-state index in [1.165, 1.54) is 29.2 Å². The van der Waals surface area contributed by atoms with Gasteiger partial charge in [0.25, 0.3) is 10.0 Å². The second-order valence-electron chi connectivity index (χ2n) is 10.2. The van der Waals surface area contributed by atoms with Crippen LogP contribution in [0.25, 0.3) is 0 Å². The number of hydrogen-bond donors (Lipinski definition) is 1. The molecular formula is C29H32Cl2FN3O4S. The highest BCUT2D eigenvalue weighted by molar-refractivity contribution is 7.92. The molecule has 0 unspecified atom stereocenters. The minimum Gasteiger partial charge on any atom is -0.350 e. The van der Waals surface area contributed by atoms with Gasteiger partial charge >= 0.3 is 0 Å². The van der Waals surface area contributed by atoms with Gasteiger partial charge in [-0.2, -0.15) is 0 Å². The van der Waals surface area contributed by atoms with Crippen molar-refractivity contribution in [1.82, 2.24) is 10.2 Å². The Morgan fingerprint density at radius 3 is 2.12 bits per heavy atom. The summed E-state index contributed by atoms with van der Waals surface area (Å²) in [6.07, 6.45) is 0.261. The summed E-state index contributed by atoms with van der Waals surface area (Å²) in [5.74, 6) is -1.58. The second kappa shape index (κ2) is 13.0. The Hall–Kier alpha value is -3.14. The third-order valence-corrected chi connectivity index (χ3v) is 8.47. The van der Waals surface area contributed by atoms with Gasteiger partial charge in [-0.15, -0.1) is 0 Å². The summed E-state index contributed by atoms with van der Waals surface area (Å²) < 4.78 is 42.1. The maximum Gasteiger partial charge on any atom is 0.264 e. The predicted octanol–water partition coefficient (Wildman–Crippen LogP) is 6.05. The number of carbonyl (C=O) groups is 2. The van der Waals surface area contributed by atoms with Crippen molar-refractivity contribution in [2.75, 3.05) is 10.8 Å². The summed E-state index contributed by atoms with van der Waals surface area (Å²) in [5.41, 5.74) is 0.129. The van der Waals surface area contributed by atoms with E-state index in [-0.39, 0.29) is 34.5 Å². The molecule has 40 heavy (non-hydrogen) atoms. The van der Waals surface area contributed by atoms with Crippen LogP contribution in [0.15, 0.2) is 77.7 Å². The summed E-state index contributed by atoms with van der Waals surface area (Å²) in [6, 6.07) is 16.4. The van der Waals surface area contributed by atoms with E-state index in [0.717, 1.165) is 16.4 Å². The lowest BCUT2D eigenvalue weighted by molar-refractivity contribution is -0.141. The lowest BCUT2D eigenvalue weighted by atomic mass is 10.1. The molecular weight excluding hydrogens is 576 g/mol. The summed E-state index contributed by atoms with van der Waals surface area (Å²) >= 11 is 12.3. The van der Waals surface area contributed by atoms with Crippen molar-refractivity contribution >= 4 is 50.7 Å². The first kappa shape index (κ1) is 31.4. The second-order valence-corrected chi connectivity index (χ2v) is 12.9. The molecule has 0 spiro atoms. The van der Waals surface area contributed by atoms with Gasteiger partial charge in [0.2, 0.25) is 11.8 Å². The van der Waals surface area contributed by atoms with E-state index in [0.29, 0.717) is 10.6 Å². The van der Waals surface area contributed by atoms with Gasteiger partial charge in [0.05, 0.1) is 20.6 Å². The lowest BCUT2D eigenvalue weighted by Crippen LogP contribution is -2.55. The van der Waals surface area contributed by atoms with Crippen LogP contribution in [0.1, 0.15) is 39.7 Å². The van der Waals surface area contributed by atoms with Gasteiger partial charge in [-0.1, -0.05) is 54.4 Å². The van der Waals surface area contributed by atoms with Crippen molar-refractivity contribution in [2.24, 2.45) is 0 Å². The number of nitrogens with one attached hydrogen (secondary N) is 1. The predicted molar refractivity (Wildman–Crippen MR) is 156 cm³/mol. The van der Waals surface area contributed by atoms with Crippen LogP contribution in [0, 0.1) is 5.82 Å². The van der Waals surface area contributed by atoms with Crippen molar-refractivity contribution in [3.05, 3.63) is 94.2 Å². The Morgan fingerprint density at radius 2 is 1.57 bits per heavy atom. The zero-order chi connectivity index (χ0) is 29.7. The number of benzene rings is 3. The molecule has 11 heteroatoms. The highest BCUT2D eigenvalue weighted by Crippen LogP contribution is 2.27. The number of carbonyl (C=O) groups excluding carboxylic acids is 2. The van der Waals surface area contributed by atoms with Crippen molar-refractivity contribution in [1.29, 1.82) is 0 Å². The highest BCUT2D eigenvalue weighted by Gasteiger charge is 2.34. The van der Waals surface area contributed by atoms with Crippen LogP contribution < -0.4 is 9.62 Å². The Morgan fingerprint density at radius 1 is 0.950 bits per heavy atom. The van der Waals surface area contributed by atoms with Crippen LogP contribution in [0.4, 0.5) is 10.1 Å². The van der Waals surface area contributed by atoms with Crippen LogP contribution in [-0.2, 0) is 26.2 Å². The fraction of sp³-hybridized carbons (Fsp3) is 0.310. The first-order chi connectivity index (χ1) is 18.7. The molecule has 0 saturated heterocycles. The first-order valence-corrected chi connectivity index (χ1v) is 14.8. The third-order valence-electron chi connectivity index (χ3n) is 5.95. The van der Waals surface area contributed by atoms with E-state index in [1.54, 1.807) is 43.3 Å². The first-order valence-electron chi connectivity index (χ1n) is 12.6. The molecule has 0 aliphatic carbocycles. The van der Waals surface area contributed by atoms with Crippen LogP contribution in [0.2, 0.25) is 10.0 Å². The Bertz CT molecular complexity index is 1450. The summed E-state index contributed by atoms with van der Waals surface area (Å²) in [4.78, 5) is 28.6. The topological polar surface area (TPSA) is 86.8 Å². The molecule has 0 aliphatic rings. The van der Waals surface area contributed by atoms with Crippen LogP contribution in [-0.4, -0.2) is 43.3 Å². The summed E-state index contributed by atoms with van der Waals surface area (Å²) in [5, 5.41) is 3.51. The molecule has 2 amide bonds. The fourth-order valence-electron chi connectivity index (χ4n) is 4.06. The van der Waals surface area contributed by atoms with Gasteiger partial charge in [-0.3, -0.25) is 13.9 Å². The van der Waals surface area contributed by atoms with E-state index in [2.05, 4.69) is 5.32 Å². The number of rotatable bonds is 10. The van der Waals surface area contributed by atoms with E-state index in [4.69, 9.17) is 23.2 Å². The van der Waals surface area contributed by atoms with Gasteiger partial charge in [-0.25, -0.2) is 12.8 Å². The molecule has 7 nitrogen and oxygen atoms in total. The number of amides is 2. The Balaban J connectivity index is 2.07. The molecule has 0 aromatic heterocycles. The fourth-order valence-corrected chi connectivity index (χ4v) is 5.82. The molecule has 214 valence electrons. The SMILES string of the molecule is CC[C@@H](C(=O)NC(C)(C)C)N(Cc1ccc(Cl)c(Cl)c1)C(=O)CN(c1ccc(F)cc1)S(=O)(=O)c1ccccc1. The minimum atomic E-state index is -4.24. The number of sulfonamides is 1. The average molecular weight is 609 g/mol. The number of nitrogens with zero attached hydrogens (tertiary/aromatic N) is 2. The zero-order valence-corrected chi connectivity index (χ0v) is 25.0. The Labute approximate surface area is 244 Å². The molecule has 3 rings (SSSR count). The largest absolute Gasteiger partial charge is 0.350 e. The van der Waals surface area contributed by atoms with Gasteiger partial charge in [-0.05, 0) is 81.3 Å². The molecule has 0 saturated carbocycles. The van der Waals surface area contributed by atoms with E-state index in [1.807, 2.05) is 20.8 Å². The van der Waals surface area contributed by atoms with Crippen LogP contribution >= 0.6 is 23.2 Å². The monoisotopic (exact) mass is 607 g/mol. The van der Waals surface area contributed by atoms with Gasteiger partial charge in [0.15, 0.2) is 0 Å². The smallest absolute Gasteiger partial charge is 0.264 e. The van der Waals surface area contributed by atoms with Gasteiger partial charge in [0.1, 0.15) is 18.4 Å². The van der Waals surface area contributed by atoms with E-state index >= 15 is 0 Å². The van der Waals surface area contributed by atoms with Gasteiger partial charge in [0, 0.05) is 12.1 Å². The normalized spacial score (nSPS) is 12.5. The molecule has 1 atom stereocenters. The van der Waals surface area contributed by atoms with Crippen molar-refractivity contribution in [3.8, 4) is 0 Å².